The van der Waals surface area contributed by atoms with E-state index < -0.39 is 10.0 Å². The molecule has 0 fully saturated rings. The third-order valence-corrected chi connectivity index (χ3v) is 5.06. The van der Waals surface area contributed by atoms with E-state index in [0.29, 0.717) is 24.3 Å². The third kappa shape index (κ3) is 6.07. The van der Waals surface area contributed by atoms with Crippen molar-refractivity contribution in [3.8, 4) is 5.75 Å². The standard InChI is InChI=1S/C19H24N2O4S/c1-25-18-10-6-9-17(15-18)21(26(2,23)24)14-13-20-19(22)12-11-16-7-4-3-5-8-16/h3-10,15H,11-14H2,1-2H3,(H,20,22). The molecule has 2 aromatic carbocycles. The Bertz CT molecular complexity index is 822. The molecule has 0 aliphatic rings. The lowest BCUT2D eigenvalue weighted by Gasteiger charge is -2.23. The van der Waals surface area contributed by atoms with Crippen LogP contribution in [0.3, 0.4) is 0 Å². The highest BCUT2D eigenvalue weighted by molar-refractivity contribution is 7.92. The minimum Gasteiger partial charge on any atom is -0.497 e. The van der Waals surface area contributed by atoms with E-state index in [1.807, 2.05) is 30.3 Å². The van der Waals surface area contributed by atoms with Crippen LogP contribution in [0.5, 0.6) is 5.75 Å². The molecule has 0 saturated carbocycles. The summed E-state index contributed by atoms with van der Waals surface area (Å²) < 4.78 is 30.6. The van der Waals surface area contributed by atoms with Gasteiger partial charge in [-0.05, 0) is 24.1 Å². The number of carbonyl (C=O) groups excluding carboxylic acids is 1. The molecule has 0 aliphatic carbocycles. The fourth-order valence-electron chi connectivity index (χ4n) is 2.54. The Labute approximate surface area is 154 Å². The molecule has 2 aromatic rings. The van der Waals surface area contributed by atoms with Crippen LogP contribution in [0.1, 0.15) is 12.0 Å². The highest BCUT2D eigenvalue weighted by atomic mass is 32.2. The monoisotopic (exact) mass is 376 g/mol. The molecule has 0 aromatic heterocycles. The van der Waals surface area contributed by atoms with E-state index in [0.717, 1.165) is 11.8 Å². The Morgan fingerprint density at radius 2 is 1.85 bits per heavy atom. The summed E-state index contributed by atoms with van der Waals surface area (Å²) in [6, 6.07) is 16.6. The van der Waals surface area contributed by atoms with Gasteiger partial charge in [0, 0.05) is 19.0 Å². The van der Waals surface area contributed by atoms with Crippen LogP contribution < -0.4 is 14.4 Å². The average Bonchev–Trinajstić information content (AvgIpc) is 2.63. The van der Waals surface area contributed by atoms with E-state index in [4.69, 9.17) is 4.74 Å². The number of hydrogen-bond acceptors (Lipinski definition) is 4. The lowest BCUT2D eigenvalue weighted by molar-refractivity contribution is -0.120. The first-order chi connectivity index (χ1) is 12.4. The Balaban J connectivity index is 1.90. The minimum atomic E-state index is -3.47. The highest BCUT2D eigenvalue weighted by Gasteiger charge is 2.18. The van der Waals surface area contributed by atoms with Crippen LogP contribution in [0.25, 0.3) is 0 Å². The number of carbonyl (C=O) groups is 1. The fraction of sp³-hybridized carbons (Fsp3) is 0.316. The molecule has 0 aliphatic heterocycles. The predicted molar refractivity (Wildman–Crippen MR) is 103 cm³/mol. The summed E-state index contributed by atoms with van der Waals surface area (Å²) in [5.74, 6) is 0.469. The zero-order valence-corrected chi connectivity index (χ0v) is 15.8. The number of sulfonamides is 1. The van der Waals surface area contributed by atoms with Crippen molar-refractivity contribution >= 4 is 21.6 Å². The van der Waals surface area contributed by atoms with Gasteiger partial charge in [0.1, 0.15) is 5.75 Å². The summed E-state index contributed by atoms with van der Waals surface area (Å²) in [5.41, 5.74) is 1.60. The van der Waals surface area contributed by atoms with Crippen molar-refractivity contribution in [2.75, 3.05) is 30.8 Å². The molecule has 7 heteroatoms. The molecule has 6 nitrogen and oxygen atoms in total. The second-order valence-corrected chi connectivity index (χ2v) is 7.78. The zero-order valence-electron chi connectivity index (χ0n) is 15.0. The second kappa shape index (κ2) is 9.24. The lowest BCUT2D eigenvalue weighted by Crippen LogP contribution is -2.38. The molecule has 0 atom stereocenters. The molecule has 0 heterocycles. The van der Waals surface area contributed by atoms with Crippen molar-refractivity contribution in [1.82, 2.24) is 5.32 Å². The molecule has 0 spiro atoms. The van der Waals surface area contributed by atoms with Crippen LogP contribution in [0, 0.1) is 0 Å². The number of methoxy groups -OCH3 is 1. The zero-order chi connectivity index (χ0) is 19.0. The minimum absolute atomic E-state index is 0.104. The second-order valence-electron chi connectivity index (χ2n) is 5.87. The normalized spacial score (nSPS) is 11.0. The Hall–Kier alpha value is -2.54. The smallest absolute Gasteiger partial charge is 0.232 e. The fourth-order valence-corrected chi connectivity index (χ4v) is 3.46. The van der Waals surface area contributed by atoms with Crippen LogP contribution in [-0.4, -0.2) is 40.8 Å². The number of nitrogens with zero attached hydrogens (tertiary/aromatic N) is 1. The largest absolute Gasteiger partial charge is 0.497 e. The van der Waals surface area contributed by atoms with Gasteiger partial charge in [-0.2, -0.15) is 0 Å². The number of aryl methyl sites for hydroxylation is 1. The number of rotatable bonds is 9. The Morgan fingerprint density at radius 3 is 2.50 bits per heavy atom. The number of amides is 1. The first-order valence-electron chi connectivity index (χ1n) is 8.32. The van der Waals surface area contributed by atoms with Gasteiger partial charge in [-0.3, -0.25) is 9.10 Å². The van der Waals surface area contributed by atoms with Crippen molar-refractivity contribution in [1.29, 1.82) is 0 Å². The summed E-state index contributed by atoms with van der Waals surface area (Å²) in [7, 11) is -1.95. The first kappa shape index (κ1) is 19.8. The van der Waals surface area contributed by atoms with E-state index in [9.17, 15) is 13.2 Å². The van der Waals surface area contributed by atoms with Crippen LogP contribution in [0.4, 0.5) is 5.69 Å². The molecule has 0 bridgehead atoms. The van der Waals surface area contributed by atoms with Crippen LogP contribution >= 0.6 is 0 Å². The van der Waals surface area contributed by atoms with Gasteiger partial charge in [-0.1, -0.05) is 36.4 Å². The molecule has 0 saturated heterocycles. The summed E-state index contributed by atoms with van der Waals surface area (Å²) in [6.07, 6.45) is 2.16. The van der Waals surface area contributed by atoms with E-state index in [-0.39, 0.29) is 19.0 Å². The van der Waals surface area contributed by atoms with Gasteiger partial charge in [-0.25, -0.2) is 8.42 Å². The lowest BCUT2D eigenvalue weighted by atomic mass is 10.1. The first-order valence-corrected chi connectivity index (χ1v) is 10.2. The maximum Gasteiger partial charge on any atom is 0.232 e. The molecule has 26 heavy (non-hydrogen) atoms. The van der Waals surface area contributed by atoms with Crippen LogP contribution in [0.2, 0.25) is 0 Å². The molecule has 140 valence electrons. The number of benzene rings is 2. The van der Waals surface area contributed by atoms with Gasteiger partial charge in [0.25, 0.3) is 0 Å². The van der Waals surface area contributed by atoms with E-state index in [2.05, 4.69) is 5.32 Å². The molecule has 1 N–H and O–H groups in total. The van der Waals surface area contributed by atoms with Gasteiger partial charge in [0.2, 0.25) is 15.9 Å². The van der Waals surface area contributed by atoms with Gasteiger partial charge >= 0.3 is 0 Å². The summed E-state index contributed by atoms with van der Waals surface area (Å²) in [4.78, 5) is 12.0. The molecular formula is C19H24N2O4S. The van der Waals surface area contributed by atoms with Crippen molar-refractivity contribution in [2.24, 2.45) is 0 Å². The molecule has 0 radical (unpaired) electrons. The maximum absolute atomic E-state index is 12.1. The van der Waals surface area contributed by atoms with Gasteiger partial charge in [0.15, 0.2) is 0 Å². The summed E-state index contributed by atoms with van der Waals surface area (Å²) >= 11 is 0. The van der Waals surface area contributed by atoms with Gasteiger partial charge in [-0.15, -0.1) is 0 Å². The van der Waals surface area contributed by atoms with Crippen LogP contribution in [0.15, 0.2) is 54.6 Å². The van der Waals surface area contributed by atoms with Gasteiger partial charge in [0.05, 0.1) is 25.6 Å². The number of nitrogens with one attached hydrogen (secondary N) is 1. The topological polar surface area (TPSA) is 75.7 Å². The molecular weight excluding hydrogens is 352 g/mol. The van der Waals surface area contributed by atoms with E-state index >= 15 is 0 Å². The predicted octanol–water partition coefficient (Wildman–Crippen LogP) is 2.21. The molecule has 1 amide bonds. The van der Waals surface area contributed by atoms with Crippen molar-refractivity contribution in [2.45, 2.75) is 12.8 Å². The number of hydrogen-bond donors (Lipinski definition) is 1. The Morgan fingerprint density at radius 1 is 1.12 bits per heavy atom. The maximum atomic E-state index is 12.1. The van der Waals surface area contributed by atoms with Gasteiger partial charge < -0.3 is 10.1 Å². The molecule has 2 rings (SSSR count). The number of anilines is 1. The summed E-state index contributed by atoms with van der Waals surface area (Å²) in [6.45, 7) is 0.390. The van der Waals surface area contributed by atoms with Crippen molar-refractivity contribution < 1.29 is 17.9 Å². The third-order valence-electron chi connectivity index (χ3n) is 3.86. The van der Waals surface area contributed by atoms with Crippen LogP contribution in [-0.2, 0) is 21.2 Å². The number of ether oxygens (including phenoxy) is 1. The average molecular weight is 376 g/mol. The quantitative estimate of drug-likeness (QED) is 0.728. The van der Waals surface area contributed by atoms with Crippen molar-refractivity contribution in [3.63, 3.8) is 0 Å². The highest BCUT2D eigenvalue weighted by Crippen LogP contribution is 2.22. The summed E-state index contributed by atoms with van der Waals surface area (Å²) in [5, 5.41) is 2.78. The Kier molecular flexibility index (Phi) is 7.03. The van der Waals surface area contributed by atoms with E-state index in [1.165, 1.54) is 11.4 Å². The molecule has 0 unspecified atom stereocenters. The SMILES string of the molecule is COc1cccc(N(CCNC(=O)CCc2ccccc2)S(C)(=O)=O)c1. The van der Waals surface area contributed by atoms with Crippen molar-refractivity contribution in [3.05, 3.63) is 60.2 Å². The van der Waals surface area contributed by atoms with E-state index in [1.54, 1.807) is 24.3 Å².